The van der Waals surface area contributed by atoms with Gasteiger partial charge in [0.25, 0.3) is 0 Å². The number of aryl methyl sites for hydroxylation is 2. The van der Waals surface area contributed by atoms with Gasteiger partial charge in [-0.05, 0) is 50.9 Å². The van der Waals surface area contributed by atoms with Crippen molar-refractivity contribution in [3.8, 4) is 0 Å². The highest BCUT2D eigenvalue weighted by molar-refractivity contribution is 5.57. The summed E-state index contributed by atoms with van der Waals surface area (Å²) in [4.78, 5) is 12.7. The Bertz CT molecular complexity index is 397. The van der Waals surface area contributed by atoms with Gasteiger partial charge in [-0.2, -0.15) is 0 Å². The number of carbonyl (C=O) groups excluding carboxylic acids is 1. The second-order valence-electron chi connectivity index (χ2n) is 5.34. The van der Waals surface area contributed by atoms with E-state index < -0.39 is 0 Å². The minimum atomic E-state index is 0.221. The number of para-hydroxylation sites is 1. The van der Waals surface area contributed by atoms with Crippen LogP contribution in [0.3, 0.4) is 0 Å². The second-order valence-corrected chi connectivity index (χ2v) is 5.34. The van der Waals surface area contributed by atoms with E-state index in [9.17, 15) is 4.79 Å². The summed E-state index contributed by atoms with van der Waals surface area (Å²) in [6.45, 7) is 8.46. The smallest absolute Gasteiger partial charge is 0.137 e. The van der Waals surface area contributed by atoms with Gasteiger partial charge in [0.2, 0.25) is 0 Å². The highest BCUT2D eigenvalue weighted by atomic mass is 16.1. The zero-order valence-electron chi connectivity index (χ0n) is 13.3. The predicted octanol–water partition coefficient (Wildman–Crippen LogP) is 3.40. The molecule has 1 atom stereocenters. The number of nitrogens with zero attached hydrogens (tertiary/aromatic N) is 1. The number of hydrogen-bond donors (Lipinski definition) is 1. The molecule has 112 valence electrons. The Labute approximate surface area is 123 Å². The lowest BCUT2D eigenvalue weighted by molar-refractivity contribution is -0.113. The van der Waals surface area contributed by atoms with Crippen LogP contribution in [-0.4, -0.2) is 37.4 Å². The summed E-state index contributed by atoms with van der Waals surface area (Å²) < 4.78 is 0. The van der Waals surface area contributed by atoms with Gasteiger partial charge in [0.05, 0.1) is 6.04 Å². The maximum absolute atomic E-state index is 10.5. The number of likely N-dealkylation sites (tertiary alicyclic amines) is 1. The molecular formula is C17H28N2O. The van der Waals surface area contributed by atoms with Crippen LogP contribution in [0.1, 0.15) is 37.3 Å². The van der Waals surface area contributed by atoms with E-state index in [0.29, 0.717) is 0 Å². The topological polar surface area (TPSA) is 32.3 Å². The van der Waals surface area contributed by atoms with Gasteiger partial charge in [-0.1, -0.05) is 31.5 Å². The first-order valence-corrected chi connectivity index (χ1v) is 7.57. The molecule has 0 aromatic heterocycles. The molecule has 0 aliphatic carbocycles. The van der Waals surface area contributed by atoms with Crippen LogP contribution in [0, 0.1) is 13.8 Å². The molecule has 1 fully saturated rings. The number of nitrogens with one attached hydrogen (secondary N) is 1. The third kappa shape index (κ3) is 4.64. The SMILES string of the molecule is CCN1CCCCC1C=O.CNc1c(C)cccc1C. The number of likely N-dealkylation sites (N-methyl/N-ethyl adjacent to an activating group) is 1. The summed E-state index contributed by atoms with van der Waals surface area (Å²) in [6, 6.07) is 6.52. The summed E-state index contributed by atoms with van der Waals surface area (Å²) in [5.41, 5.74) is 3.87. The van der Waals surface area contributed by atoms with Crippen molar-refractivity contribution in [3.63, 3.8) is 0 Å². The summed E-state index contributed by atoms with van der Waals surface area (Å²) in [7, 11) is 1.95. The number of piperidine rings is 1. The summed E-state index contributed by atoms with van der Waals surface area (Å²) in [5.74, 6) is 0. The van der Waals surface area contributed by atoms with Gasteiger partial charge in [-0.3, -0.25) is 4.90 Å². The van der Waals surface area contributed by atoms with Crippen LogP contribution in [0.15, 0.2) is 18.2 Å². The molecule has 1 saturated heterocycles. The average molecular weight is 276 g/mol. The molecule has 1 aliphatic rings. The first kappa shape index (κ1) is 16.7. The van der Waals surface area contributed by atoms with E-state index >= 15 is 0 Å². The lowest BCUT2D eigenvalue weighted by Gasteiger charge is -2.30. The van der Waals surface area contributed by atoms with Gasteiger partial charge in [-0.15, -0.1) is 0 Å². The first-order valence-electron chi connectivity index (χ1n) is 7.57. The molecule has 1 heterocycles. The number of anilines is 1. The zero-order chi connectivity index (χ0) is 15.0. The molecule has 2 rings (SSSR count). The first-order chi connectivity index (χ1) is 9.63. The maximum Gasteiger partial charge on any atom is 0.137 e. The molecular weight excluding hydrogens is 248 g/mol. The van der Waals surface area contributed by atoms with Gasteiger partial charge in [0.1, 0.15) is 6.29 Å². The fraction of sp³-hybridized carbons (Fsp3) is 0.588. The van der Waals surface area contributed by atoms with Crippen LogP contribution < -0.4 is 5.32 Å². The van der Waals surface area contributed by atoms with Crippen molar-refractivity contribution in [2.24, 2.45) is 0 Å². The average Bonchev–Trinajstić information content (AvgIpc) is 2.48. The van der Waals surface area contributed by atoms with E-state index in [4.69, 9.17) is 0 Å². The Morgan fingerprint density at radius 3 is 2.35 bits per heavy atom. The third-order valence-electron chi connectivity index (χ3n) is 3.96. The quantitative estimate of drug-likeness (QED) is 0.859. The lowest BCUT2D eigenvalue weighted by Crippen LogP contribution is -2.40. The molecule has 1 N–H and O–H groups in total. The predicted molar refractivity (Wildman–Crippen MR) is 86.4 cm³/mol. The van der Waals surface area contributed by atoms with Gasteiger partial charge in [-0.25, -0.2) is 0 Å². The van der Waals surface area contributed by atoms with E-state index in [1.165, 1.54) is 29.7 Å². The Morgan fingerprint density at radius 2 is 1.95 bits per heavy atom. The van der Waals surface area contributed by atoms with Crippen LogP contribution in [0.5, 0.6) is 0 Å². The molecule has 1 aromatic carbocycles. The minimum Gasteiger partial charge on any atom is -0.388 e. The number of aldehydes is 1. The molecule has 1 aliphatic heterocycles. The fourth-order valence-corrected chi connectivity index (χ4v) is 2.77. The normalized spacial score (nSPS) is 18.9. The highest BCUT2D eigenvalue weighted by Gasteiger charge is 2.19. The van der Waals surface area contributed by atoms with E-state index in [-0.39, 0.29) is 6.04 Å². The van der Waals surface area contributed by atoms with Crippen molar-refractivity contribution in [2.45, 2.75) is 46.1 Å². The molecule has 0 radical (unpaired) electrons. The van der Waals surface area contributed by atoms with Crippen molar-refractivity contribution < 1.29 is 4.79 Å². The molecule has 0 amide bonds. The van der Waals surface area contributed by atoms with Crippen LogP contribution in [0.2, 0.25) is 0 Å². The van der Waals surface area contributed by atoms with Crippen LogP contribution in [-0.2, 0) is 4.79 Å². The van der Waals surface area contributed by atoms with Gasteiger partial charge >= 0.3 is 0 Å². The summed E-state index contributed by atoms with van der Waals surface area (Å²) in [6.07, 6.45) is 4.64. The fourth-order valence-electron chi connectivity index (χ4n) is 2.77. The van der Waals surface area contributed by atoms with Crippen molar-refractivity contribution in [2.75, 3.05) is 25.5 Å². The second kappa shape index (κ2) is 8.75. The van der Waals surface area contributed by atoms with E-state index in [0.717, 1.165) is 25.8 Å². The number of carbonyl (C=O) groups is 1. The third-order valence-corrected chi connectivity index (χ3v) is 3.96. The van der Waals surface area contributed by atoms with Crippen molar-refractivity contribution >= 4 is 12.0 Å². The Balaban J connectivity index is 0.000000200. The standard InChI is InChI=1S/C9H13N.C8H15NO/c1-7-5-4-6-8(2)9(7)10-3;1-2-9-6-4-3-5-8(9)7-10/h4-6,10H,1-3H3;7-8H,2-6H2,1H3. The molecule has 1 unspecified atom stereocenters. The molecule has 20 heavy (non-hydrogen) atoms. The largest absolute Gasteiger partial charge is 0.388 e. The Kier molecular flexibility index (Phi) is 7.31. The highest BCUT2D eigenvalue weighted by Crippen LogP contribution is 2.17. The summed E-state index contributed by atoms with van der Waals surface area (Å²) in [5, 5.41) is 3.16. The molecule has 3 heteroatoms. The lowest BCUT2D eigenvalue weighted by atomic mass is 10.0. The van der Waals surface area contributed by atoms with E-state index in [2.05, 4.69) is 49.2 Å². The molecule has 3 nitrogen and oxygen atoms in total. The number of rotatable bonds is 3. The molecule has 0 saturated carbocycles. The van der Waals surface area contributed by atoms with Crippen LogP contribution >= 0.6 is 0 Å². The van der Waals surface area contributed by atoms with Gasteiger partial charge in [0.15, 0.2) is 0 Å². The Hall–Kier alpha value is -1.35. The molecule has 1 aromatic rings. The van der Waals surface area contributed by atoms with E-state index in [1.807, 2.05) is 7.05 Å². The minimum absolute atomic E-state index is 0.221. The molecule has 0 spiro atoms. The van der Waals surface area contributed by atoms with Gasteiger partial charge in [0, 0.05) is 12.7 Å². The van der Waals surface area contributed by atoms with E-state index in [1.54, 1.807) is 0 Å². The van der Waals surface area contributed by atoms with Crippen molar-refractivity contribution in [1.82, 2.24) is 4.90 Å². The van der Waals surface area contributed by atoms with Crippen molar-refractivity contribution in [3.05, 3.63) is 29.3 Å². The van der Waals surface area contributed by atoms with Crippen molar-refractivity contribution in [1.29, 1.82) is 0 Å². The maximum atomic E-state index is 10.5. The van der Waals surface area contributed by atoms with Crippen LogP contribution in [0.4, 0.5) is 5.69 Å². The Morgan fingerprint density at radius 1 is 1.30 bits per heavy atom. The zero-order valence-corrected chi connectivity index (χ0v) is 13.3. The number of hydrogen-bond acceptors (Lipinski definition) is 3. The van der Waals surface area contributed by atoms with Gasteiger partial charge < -0.3 is 10.1 Å². The monoisotopic (exact) mass is 276 g/mol. The molecule has 0 bridgehead atoms. The van der Waals surface area contributed by atoms with Crippen LogP contribution in [0.25, 0.3) is 0 Å². The number of benzene rings is 1. The summed E-state index contributed by atoms with van der Waals surface area (Å²) >= 11 is 0.